The van der Waals surface area contributed by atoms with Crippen molar-refractivity contribution in [1.82, 2.24) is 0 Å². The smallest absolute Gasteiger partial charge is 0.335 e. The highest BCUT2D eigenvalue weighted by molar-refractivity contribution is 6.17. The van der Waals surface area contributed by atoms with Crippen molar-refractivity contribution in [3.8, 4) is 0 Å². The average molecular weight is 292 g/mol. The van der Waals surface area contributed by atoms with Gasteiger partial charge in [-0.15, -0.1) is 11.6 Å². The van der Waals surface area contributed by atoms with Crippen LogP contribution >= 0.6 is 11.6 Å². The van der Waals surface area contributed by atoms with Gasteiger partial charge in [0.25, 0.3) is 0 Å². The lowest BCUT2D eigenvalue weighted by atomic mass is 10.1. The van der Waals surface area contributed by atoms with Crippen LogP contribution < -0.4 is 5.73 Å². The predicted octanol–water partition coefficient (Wildman–Crippen LogP) is 2.91. The molecule has 2 aromatic carbocycles. The van der Waals surface area contributed by atoms with E-state index in [2.05, 4.69) is 0 Å². The van der Waals surface area contributed by atoms with E-state index in [0.29, 0.717) is 17.0 Å². The number of hydrogen-bond donors (Lipinski definition) is 2. The van der Waals surface area contributed by atoms with Crippen LogP contribution in [-0.2, 0) is 5.88 Å². The lowest BCUT2D eigenvalue weighted by molar-refractivity contribution is 0.0696. The molecule has 2 aromatic rings. The van der Waals surface area contributed by atoms with Crippen molar-refractivity contribution in [3.05, 3.63) is 71.3 Å². The average Bonchev–Trinajstić information content (AvgIpc) is 2.49. The molecule has 0 unspecified atom stereocenters. The Morgan fingerprint density at radius 2 is 1.50 bits per heavy atom. The summed E-state index contributed by atoms with van der Waals surface area (Å²) in [4.78, 5) is 20.8. The SMILES string of the molecule is NC(=O)c1ccccc1.O=C(O)c1ccc(CCl)cc1. The van der Waals surface area contributed by atoms with Crippen molar-refractivity contribution in [2.75, 3.05) is 0 Å². The molecule has 5 heteroatoms. The van der Waals surface area contributed by atoms with E-state index in [4.69, 9.17) is 22.4 Å². The molecular formula is C15H14ClNO3. The second-order valence-electron chi connectivity index (χ2n) is 3.87. The monoisotopic (exact) mass is 291 g/mol. The first-order valence-electron chi connectivity index (χ1n) is 5.77. The second kappa shape index (κ2) is 7.96. The van der Waals surface area contributed by atoms with Crippen molar-refractivity contribution in [1.29, 1.82) is 0 Å². The highest BCUT2D eigenvalue weighted by atomic mass is 35.5. The van der Waals surface area contributed by atoms with E-state index in [9.17, 15) is 9.59 Å². The standard InChI is InChI=1S/C8H7ClO2.C7H7NO/c9-5-6-1-3-7(4-2-6)8(10)11;8-7(9)6-4-2-1-3-5-6/h1-4H,5H2,(H,10,11);1-5H,(H2,8,9). The first-order valence-corrected chi connectivity index (χ1v) is 6.31. The quantitative estimate of drug-likeness (QED) is 0.853. The summed E-state index contributed by atoms with van der Waals surface area (Å²) < 4.78 is 0. The maximum Gasteiger partial charge on any atom is 0.335 e. The van der Waals surface area contributed by atoms with Crippen molar-refractivity contribution in [2.24, 2.45) is 5.73 Å². The van der Waals surface area contributed by atoms with E-state index >= 15 is 0 Å². The van der Waals surface area contributed by atoms with Gasteiger partial charge in [0.2, 0.25) is 5.91 Å². The van der Waals surface area contributed by atoms with Gasteiger partial charge in [-0.3, -0.25) is 4.79 Å². The highest BCUT2D eigenvalue weighted by Crippen LogP contribution is 2.06. The molecular weight excluding hydrogens is 278 g/mol. The van der Waals surface area contributed by atoms with Gasteiger partial charge in [0.05, 0.1) is 5.56 Å². The topological polar surface area (TPSA) is 80.4 Å². The Kier molecular flexibility index (Phi) is 6.26. The number of benzene rings is 2. The Morgan fingerprint density at radius 3 is 1.85 bits per heavy atom. The first kappa shape index (κ1) is 15.7. The molecule has 3 N–H and O–H groups in total. The summed E-state index contributed by atoms with van der Waals surface area (Å²) in [6, 6.07) is 15.3. The van der Waals surface area contributed by atoms with Crippen molar-refractivity contribution < 1.29 is 14.7 Å². The maximum absolute atomic E-state index is 10.4. The van der Waals surface area contributed by atoms with E-state index in [1.165, 1.54) is 0 Å². The van der Waals surface area contributed by atoms with Crippen LogP contribution in [0.4, 0.5) is 0 Å². The minimum Gasteiger partial charge on any atom is -0.478 e. The summed E-state index contributed by atoms with van der Waals surface area (Å²) in [6.45, 7) is 0. The molecule has 0 bridgehead atoms. The summed E-state index contributed by atoms with van der Waals surface area (Å²) in [5, 5.41) is 8.52. The lowest BCUT2D eigenvalue weighted by Crippen LogP contribution is -2.09. The summed E-state index contributed by atoms with van der Waals surface area (Å²) in [6.07, 6.45) is 0. The number of carbonyl (C=O) groups excluding carboxylic acids is 1. The van der Waals surface area contributed by atoms with Crippen molar-refractivity contribution in [2.45, 2.75) is 5.88 Å². The fourth-order valence-corrected chi connectivity index (χ4v) is 1.52. The number of carboxylic acids is 1. The van der Waals surface area contributed by atoms with Crippen LogP contribution in [0.5, 0.6) is 0 Å². The van der Waals surface area contributed by atoms with Crippen molar-refractivity contribution >= 4 is 23.5 Å². The number of carbonyl (C=O) groups is 2. The molecule has 4 nitrogen and oxygen atoms in total. The number of nitrogens with two attached hydrogens (primary N) is 1. The Hall–Kier alpha value is -2.33. The van der Waals surface area contributed by atoms with Crippen LogP contribution in [0.25, 0.3) is 0 Å². The molecule has 20 heavy (non-hydrogen) atoms. The molecule has 1 amide bonds. The third kappa shape index (κ3) is 5.12. The number of carboxylic acid groups (broad SMARTS) is 1. The maximum atomic E-state index is 10.4. The second-order valence-corrected chi connectivity index (χ2v) is 4.13. The molecule has 0 aliphatic heterocycles. The molecule has 0 saturated carbocycles. The normalized spacial score (nSPS) is 9.25. The van der Waals surface area contributed by atoms with Crippen LogP contribution in [0.15, 0.2) is 54.6 Å². The van der Waals surface area contributed by atoms with Crippen LogP contribution in [0.2, 0.25) is 0 Å². The molecule has 0 radical (unpaired) electrons. The van der Waals surface area contributed by atoms with Gasteiger partial charge in [-0.2, -0.15) is 0 Å². The highest BCUT2D eigenvalue weighted by Gasteiger charge is 2.00. The predicted molar refractivity (Wildman–Crippen MR) is 77.9 cm³/mol. The molecule has 2 rings (SSSR count). The molecule has 0 saturated heterocycles. The van der Waals surface area contributed by atoms with Crippen LogP contribution in [-0.4, -0.2) is 17.0 Å². The Labute approximate surface area is 121 Å². The molecule has 0 fully saturated rings. The lowest BCUT2D eigenvalue weighted by Gasteiger charge is -1.95. The zero-order chi connectivity index (χ0) is 15.0. The third-order valence-corrected chi connectivity index (χ3v) is 2.72. The van der Waals surface area contributed by atoms with Gasteiger partial charge in [0.1, 0.15) is 0 Å². The van der Waals surface area contributed by atoms with Crippen LogP contribution in [0, 0.1) is 0 Å². The summed E-state index contributed by atoms with van der Waals surface area (Å²) in [5.74, 6) is -0.874. The number of aromatic carboxylic acids is 1. The van der Waals surface area contributed by atoms with Gasteiger partial charge in [0.15, 0.2) is 0 Å². The molecule has 0 spiro atoms. The summed E-state index contributed by atoms with van der Waals surface area (Å²) in [5.41, 5.74) is 6.75. The zero-order valence-corrected chi connectivity index (χ0v) is 11.4. The molecule has 0 aliphatic rings. The fraction of sp³-hybridized carbons (Fsp3) is 0.0667. The minimum absolute atomic E-state index is 0.291. The van der Waals surface area contributed by atoms with Gasteiger partial charge in [0, 0.05) is 11.4 Å². The number of alkyl halides is 1. The first-order chi connectivity index (χ1) is 9.54. The molecule has 0 atom stereocenters. The van der Waals surface area contributed by atoms with Gasteiger partial charge < -0.3 is 10.8 Å². The van der Waals surface area contributed by atoms with E-state index in [0.717, 1.165) is 5.56 Å². The number of amides is 1. The third-order valence-electron chi connectivity index (χ3n) is 2.41. The Bertz CT molecular complexity index is 567. The van der Waals surface area contributed by atoms with Gasteiger partial charge >= 0.3 is 5.97 Å². The molecule has 0 aliphatic carbocycles. The van der Waals surface area contributed by atoms with E-state index in [-0.39, 0.29) is 5.91 Å². The van der Waals surface area contributed by atoms with E-state index < -0.39 is 5.97 Å². The molecule has 104 valence electrons. The largest absolute Gasteiger partial charge is 0.478 e. The number of hydrogen-bond acceptors (Lipinski definition) is 2. The summed E-state index contributed by atoms with van der Waals surface area (Å²) in [7, 11) is 0. The Morgan fingerprint density at radius 1 is 0.950 bits per heavy atom. The number of primary amides is 1. The Balaban J connectivity index is 0.000000204. The van der Waals surface area contributed by atoms with E-state index in [1.807, 2.05) is 6.07 Å². The van der Waals surface area contributed by atoms with Crippen molar-refractivity contribution in [3.63, 3.8) is 0 Å². The molecule has 0 aromatic heterocycles. The summed E-state index contributed by atoms with van der Waals surface area (Å²) >= 11 is 5.51. The fourth-order valence-electron chi connectivity index (χ4n) is 1.34. The minimum atomic E-state index is -0.911. The van der Waals surface area contributed by atoms with Gasteiger partial charge in [-0.05, 0) is 29.8 Å². The number of rotatable bonds is 3. The zero-order valence-electron chi connectivity index (χ0n) is 10.6. The van der Waals surface area contributed by atoms with Crippen LogP contribution in [0.3, 0.4) is 0 Å². The number of halogens is 1. The molecule has 0 heterocycles. The van der Waals surface area contributed by atoms with Gasteiger partial charge in [-0.1, -0.05) is 30.3 Å². The van der Waals surface area contributed by atoms with E-state index in [1.54, 1.807) is 48.5 Å². The van der Waals surface area contributed by atoms with Crippen LogP contribution in [0.1, 0.15) is 26.3 Å². The van der Waals surface area contributed by atoms with Gasteiger partial charge in [-0.25, -0.2) is 4.79 Å².